The predicted molar refractivity (Wildman–Crippen MR) is 69.7 cm³/mol. The lowest BCUT2D eigenvalue weighted by molar-refractivity contribution is 0.101. The summed E-state index contributed by atoms with van der Waals surface area (Å²) in [5.74, 6) is 0.975. The van der Waals surface area contributed by atoms with E-state index in [-0.39, 0.29) is 5.78 Å². The Labute approximate surface area is 104 Å². The first kappa shape index (κ1) is 12.5. The van der Waals surface area contributed by atoms with E-state index in [1.54, 1.807) is 6.92 Å². The Hall–Kier alpha value is -0.580. The zero-order valence-electron chi connectivity index (χ0n) is 9.26. The van der Waals surface area contributed by atoms with Crippen LogP contribution in [0.4, 0.5) is 0 Å². The number of carbonyl (C=O) groups excluding carboxylic acids is 1. The van der Waals surface area contributed by atoms with Crippen LogP contribution in [0.5, 0.6) is 5.75 Å². The van der Waals surface area contributed by atoms with Crippen LogP contribution < -0.4 is 4.74 Å². The molecule has 0 aliphatic heterocycles. The third kappa shape index (κ3) is 2.93. The molecule has 1 aromatic rings. The number of rotatable bonds is 4. The maximum Gasteiger partial charge on any atom is 0.161 e. The highest BCUT2D eigenvalue weighted by Crippen LogP contribution is 2.25. The lowest BCUT2D eigenvalue weighted by Crippen LogP contribution is -2.04. The molecule has 0 fully saturated rings. The Morgan fingerprint density at radius 3 is 2.53 bits per heavy atom. The summed E-state index contributed by atoms with van der Waals surface area (Å²) in [5, 5.41) is 0. The van der Waals surface area contributed by atoms with Crippen LogP contribution in [-0.4, -0.2) is 12.4 Å². The van der Waals surface area contributed by atoms with E-state index in [2.05, 4.69) is 22.6 Å². The van der Waals surface area contributed by atoms with E-state index in [0.717, 1.165) is 26.9 Å². The average Bonchev–Trinajstić information content (AvgIpc) is 2.16. The first-order valence-corrected chi connectivity index (χ1v) is 6.14. The van der Waals surface area contributed by atoms with Gasteiger partial charge in [-0.15, -0.1) is 0 Å². The number of hydrogen-bond acceptors (Lipinski definition) is 2. The van der Waals surface area contributed by atoms with Crippen LogP contribution in [0.15, 0.2) is 12.1 Å². The zero-order chi connectivity index (χ0) is 11.4. The van der Waals surface area contributed by atoms with Gasteiger partial charge in [0, 0.05) is 9.13 Å². The lowest BCUT2D eigenvalue weighted by Gasteiger charge is -2.11. The van der Waals surface area contributed by atoms with Crippen molar-refractivity contribution in [2.45, 2.75) is 27.2 Å². The van der Waals surface area contributed by atoms with E-state index < -0.39 is 0 Å². The minimum Gasteiger partial charge on any atom is -0.494 e. The van der Waals surface area contributed by atoms with Crippen LogP contribution in [0.25, 0.3) is 0 Å². The maximum atomic E-state index is 11.5. The van der Waals surface area contributed by atoms with E-state index >= 15 is 0 Å². The molecule has 0 amide bonds. The van der Waals surface area contributed by atoms with Crippen LogP contribution in [-0.2, 0) is 6.42 Å². The molecule has 0 saturated carbocycles. The number of ketones is 1. The summed E-state index contributed by atoms with van der Waals surface area (Å²) in [6.45, 7) is 6.26. The van der Waals surface area contributed by atoms with Crippen LogP contribution in [0.2, 0.25) is 0 Å². The first-order chi connectivity index (χ1) is 7.10. The fraction of sp³-hybridized carbons (Fsp3) is 0.417. The third-order valence-corrected chi connectivity index (χ3v) is 3.04. The summed E-state index contributed by atoms with van der Waals surface area (Å²) in [4.78, 5) is 11.5. The van der Waals surface area contributed by atoms with Crippen molar-refractivity contribution in [3.63, 3.8) is 0 Å². The Balaban J connectivity index is 3.24. The summed E-state index contributed by atoms with van der Waals surface area (Å²) in [6.07, 6.45) is 0.853. The van der Waals surface area contributed by atoms with Gasteiger partial charge in [-0.25, -0.2) is 0 Å². The highest BCUT2D eigenvalue weighted by Gasteiger charge is 2.12. The topological polar surface area (TPSA) is 26.3 Å². The van der Waals surface area contributed by atoms with E-state index in [4.69, 9.17) is 4.74 Å². The molecule has 0 radical (unpaired) electrons. The summed E-state index contributed by atoms with van der Waals surface area (Å²) in [6, 6.07) is 3.88. The molecule has 0 heterocycles. The number of ether oxygens (including phenoxy) is 1. The van der Waals surface area contributed by atoms with Crippen molar-refractivity contribution in [3.8, 4) is 5.75 Å². The second kappa shape index (κ2) is 5.49. The number of aryl methyl sites for hydroxylation is 1. The van der Waals surface area contributed by atoms with Crippen molar-refractivity contribution in [2.75, 3.05) is 6.61 Å². The van der Waals surface area contributed by atoms with Gasteiger partial charge in [0.2, 0.25) is 0 Å². The summed E-state index contributed by atoms with van der Waals surface area (Å²) in [5.41, 5.74) is 1.90. The normalized spacial score (nSPS) is 10.1. The van der Waals surface area contributed by atoms with Crippen LogP contribution >= 0.6 is 22.6 Å². The molecule has 0 saturated heterocycles. The molecule has 82 valence electrons. The molecular weight excluding hydrogens is 303 g/mol. The standard InChI is InChI=1S/C12H15IO2/c1-4-9-6-10(15-5-2)7-11(13)12(9)8(3)14/h6-7H,4-5H2,1-3H3. The van der Waals surface area contributed by atoms with Gasteiger partial charge in [-0.3, -0.25) is 4.79 Å². The summed E-state index contributed by atoms with van der Waals surface area (Å²) in [7, 11) is 0. The lowest BCUT2D eigenvalue weighted by atomic mass is 10.0. The van der Waals surface area contributed by atoms with Gasteiger partial charge in [0.15, 0.2) is 5.78 Å². The summed E-state index contributed by atoms with van der Waals surface area (Å²) < 4.78 is 6.42. The van der Waals surface area contributed by atoms with E-state index in [9.17, 15) is 4.79 Å². The number of benzene rings is 1. The molecule has 1 rings (SSSR count). The van der Waals surface area contributed by atoms with Crippen molar-refractivity contribution in [2.24, 2.45) is 0 Å². The Bertz CT molecular complexity index is 372. The Kier molecular flexibility index (Phi) is 4.57. The predicted octanol–water partition coefficient (Wildman–Crippen LogP) is 3.45. The van der Waals surface area contributed by atoms with Crippen molar-refractivity contribution in [1.29, 1.82) is 0 Å². The van der Waals surface area contributed by atoms with Gasteiger partial charge in [-0.05, 0) is 60.6 Å². The van der Waals surface area contributed by atoms with Crippen LogP contribution in [0, 0.1) is 3.57 Å². The van der Waals surface area contributed by atoms with Crippen LogP contribution in [0.3, 0.4) is 0 Å². The Morgan fingerprint density at radius 1 is 1.40 bits per heavy atom. The fourth-order valence-electron chi connectivity index (χ4n) is 1.56. The molecule has 0 atom stereocenters. The highest BCUT2D eigenvalue weighted by atomic mass is 127. The van der Waals surface area contributed by atoms with E-state index in [0.29, 0.717) is 6.61 Å². The second-order valence-corrected chi connectivity index (χ2v) is 4.44. The molecule has 3 heteroatoms. The van der Waals surface area contributed by atoms with E-state index in [1.807, 2.05) is 26.0 Å². The largest absolute Gasteiger partial charge is 0.494 e. The maximum absolute atomic E-state index is 11.5. The van der Waals surface area contributed by atoms with Gasteiger partial charge in [-0.2, -0.15) is 0 Å². The van der Waals surface area contributed by atoms with Gasteiger partial charge in [0.05, 0.1) is 6.61 Å². The summed E-state index contributed by atoms with van der Waals surface area (Å²) >= 11 is 2.19. The monoisotopic (exact) mass is 318 g/mol. The van der Waals surface area contributed by atoms with Gasteiger partial charge >= 0.3 is 0 Å². The fourth-order valence-corrected chi connectivity index (χ4v) is 2.59. The van der Waals surface area contributed by atoms with Crippen molar-refractivity contribution in [3.05, 3.63) is 26.8 Å². The Morgan fingerprint density at radius 2 is 2.07 bits per heavy atom. The minimum atomic E-state index is 0.124. The van der Waals surface area contributed by atoms with Gasteiger partial charge in [0.1, 0.15) is 5.75 Å². The molecule has 0 bridgehead atoms. The molecule has 0 aliphatic rings. The molecule has 1 aromatic carbocycles. The SMILES string of the molecule is CCOc1cc(I)c(C(C)=O)c(CC)c1. The van der Waals surface area contributed by atoms with Gasteiger partial charge in [0.25, 0.3) is 0 Å². The van der Waals surface area contributed by atoms with Crippen LogP contribution in [0.1, 0.15) is 36.7 Å². The third-order valence-electron chi connectivity index (χ3n) is 2.19. The van der Waals surface area contributed by atoms with E-state index in [1.165, 1.54) is 0 Å². The molecule has 0 N–H and O–H groups in total. The number of hydrogen-bond donors (Lipinski definition) is 0. The van der Waals surface area contributed by atoms with Gasteiger partial charge < -0.3 is 4.74 Å². The molecule has 0 unspecified atom stereocenters. The molecular formula is C12H15IO2. The van der Waals surface area contributed by atoms with Gasteiger partial charge in [-0.1, -0.05) is 6.92 Å². The first-order valence-electron chi connectivity index (χ1n) is 5.06. The molecule has 15 heavy (non-hydrogen) atoms. The zero-order valence-corrected chi connectivity index (χ0v) is 11.4. The molecule has 0 aromatic heterocycles. The quantitative estimate of drug-likeness (QED) is 0.628. The number of halogens is 1. The second-order valence-electron chi connectivity index (χ2n) is 3.28. The number of Topliss-reactive ketones (excluding diaryl/α,β-unsaturated/α-hetero) is 1. The number of carbonyl (C=O) groups is 1. The van der Waals surface area contributed by atoms with Crippen molar-refractivity contribution < 1.29 is 9.53 Å². The minimum absolute atomic E-state index is 0.124. The molecule has 0 spiro atoms. The molecule has 2 nitrogen and oxygen atoms in total. The van der Waals surface area contributed by atoms with Crippen molar-refractivity contribution in [1.82, 2.24) is 0 Å². The highest BCUT2D eigenvalue weighted by molar-refractivity contribution is 14.1. The van der Waals surface area contributed by atoms with Crippen molar-refractivity contribution >= 4 is 28.4 Å². The smallest absolute Gasteiger partial charge is 0.161 e. The molecule has 0 aliphatic carbocycles. The average molecular weight is 318 g/mol.